The molecule has 0 aliphatic carbocycles. The zero-order valence-corrected chi connectivity index (χ0v) is 8.79. The second-order valence-electron chi connectivity index (χ2n) is 3.90. The molecular weight excluding hydrogens is 176 g/mol. The first kappa shape index (κ1) is 11.1. The largest absolute Gasteiger partial charge is 0.462 e. The summed E-state index contributed by atoms with van der Waals surface area (Å²) in [7, 11) is 0. The smallest absolute Gasteiger partial charge is 0.310 e. The quantitative estimate of drug-likeness (QED) is 0.382. The van der Waals surface area contributed by atoms with E-state index in [1.807, 2.05) is 0 Å². The topological polar surface area (TPSA) is 26.3 Å². The third kappa shape index (κ3) is 3.06. The zero-order chi connectivity index (χ0) is 10.4. The van der Waals surface area contributed by atoms with Gasteiger partial charge in [0, 0.05) is 6.42 Å². The van der Waals surface area contributed by atoms with E-state index in [0.717, 1.165) is 19.3 Å². The van der Waals surface area contributed by atoms with Crippen LogP contribution >= 0.6 is 0 Å². The summed E-state index contributed by atoms with van der Waals surface area (Å²) in [5.41, 5.74) is 0. The lowest BCUT2D eigenvalue weighted by atomic mass is 9.99. The SMILES string of the molecule is C#CCC1CC(CCCCC)OC1=O. The van der Waals surface area contributed by atoms with Crippen LogP contribution in [0.4, 0.5) is 0 Å². The van der Waals surface area contributed by atoms with E-state index in [1.54, 1.807) is 0 Å². The van der Waals surface area contributed by atoms with Crippen molar-refractivity contribution in [2.75, 3.05) is 0 Å². The molecule has 0 bridgehead atoms. The van der Waals surface area contributed by atoms with Gasteiger partial charge < -0.3 is 4.74 Å². The van der Waals surface area contributed by atoms with Crippen LogP contribution in [0.3, 0.4) is 0 Å². The lowest BCUT2D eigenvalue weighted by Crippen LogP contribution is -2.06. The highest BCUT2D eigenvalue weighted by Crippen LogP contribution is 2.26. The fourth-order valence-electron chi connectivity index (χ4n) is 1.83. The Balaban J connectivity index is 2.25. The third-order valence-corrected chi connectivity index (χ3v) is 2.66. The summed E-state index contributed by atoms with van der Waals surface area (Å²) >= 11 is 0. The van der Waals surface area contributed by atoms with Crippen molar-refractivity contribution in [1.29, 1.82) is 0 Å². The number of rotatable bonds is 5. The highest BCUT2D eigenvalue weighted by Gasteiger charge is 2.32. The summed E-state index contributed by atoms with van der Waals surface area (Å²) in [6.07, 6.45) is 11.2. The number of hydrogen-bond donors (Lipinski definition) is 0. The molecule has 1 heterocycles. The van der Waals surface area contributed by atoms with Gasteiger partial charge in [-0.1, -0.05) is 19.8 Å². The number of hydrogen-bond acceptors (Lipinski definition) is 2. The van der Waals surface area contributed by atoms with E-state index in [-0.39, 0.29) is 18.0 Å². The summed E-state index contributed by atoms with van der Waals surface area (Å²) in [4.78, 5) is 11.3. The zero-order valence-electron chi connectivity index (χ0n) is 8.79. The Labute approximate surface area is 86.0 Å². The van der Waals surface area contributed by atoms with E-state index in [9.17, 15) is 4.79 Å². The summed E-state index contributed by atoms with van der Waals surface area (Å²) < 4.78 is 5.24. The monoisotopic (exact) mass is 194 g/mol. The van der Waals surface area contributed by atoms with Gasteiger partial charge in [0.05, 0.1) is 5.92 Å². The Kier molecular flexibility index (Phi) is 4.52. The van der Waals surface area contributed by atoms with Gasteiger partial charge in [-0.3, -0.25) is 4.79 Å². The minimum absolute atomic E-state index is 0.0355. The van der Waals surface area contributed by atoms with Crippen molar-refractivity contribution in [1.82, 2.24) is 0 Å². The average molecular weight is 194 g/mol. The molecule has 2 atom stereocenters. The molecule has 0 aromatic heterocycles. The predicted molar refractivity (Wildman–Crippen MR) is 55.6 cm³/mol. The second-order valence-corrected chi connectivity index (χ2v) is 3.90. The molecule has 0 aromatic rings. The Hall–Kier alpha value is -0.970. The van der Waals surface area contributed by atoms with Crippen LogP contribution in [0.25, 0.3) is 0 Å². The fourth-order valence-corrected chi connectivity index (χ4v) is 1.83. The van der Waals surface area contributed by atoms with Crippen molar-refractivity contribution >= 4 is 5.97 Å². The highest BCUT2D eigenvalue weighted by molar-refractivity contribution is 5.74. The van der Waals surface area contributed by atoms with Gasteiger partial charge in [0.1, 0.15) is 6.10 Å². The number of carbonyl (C=O) groups excluding carboxylic acids is 1. The Morgan fingerprint density at radius 2 is 2.36 bits per heavy atom. The van der Waals surface area contributed by atoms with Crippen molar-refractivity contribution < 1.29 is 9.53 Å². The van der Waals surface area contributed by atoms with Gasteiger partial charge in [0.15, 0.2) is 0 Å². The van der Waals surface area contributed by atoms with Crippen molar-refractivity contribution in [3.63, 3.8) is 0 Å². The molecule has 14 heavy (non-hydrogen) atoms. The first-order chi connectivity index (χ1) is 6.77. The molecule has 78 valence electrons. The van der Waals surface area contributed by atoms with E-state index in [2.05, 4.69) is 12.8 Å². The maximum absolute atomic E-state index is 11.3. The molecule has 1 aliphatic rings. The van der Waals surface area contributed by atoms with Crippen LogP contribution in [-0.4, -0.2) is 12.1 Å². The normalized spacial score (nSPS) is 25.9. The second kappa shape index (κ2) is 5.70. The van der Waals surface area contributed by atoms with Gasteiger partial charge in [-0.2, -0.15) is 0 Å². The molecule has 0 aromatic carbocycles. The van der Waals surface area contributed by atoms with Gasteiger partial charge in [0.25, 0.3) is 0 Å². The molecule has 1 aliphatic heterocycles. The number of ether oxygens (including phenoxy) is 1. The van der Waals surface area contributed by atoms with E-state index < -0.39 is 0 Å². The summed E-state index contributed by atoms with van der Waals surface area (Å²) in [6, 6.07) is 0. The predicted octanol–water partition coefficient (Wildman–Crippen LogP) is 2.52. The van der Waals surface area contributed by atoms with E-state index >= 15 is 0 Å². The van der Waals surface area contributed by atoms with Gasteiger partial charge in [0.2, 0.25) is 0 Å². The molecule has 1 saturated heterocycles. The first-order valence-corrected chi connectivity index (χ1v) is 5.41. The molecule has 2 heteroatoms. The van der Waals surface area contributed by atoms with Crippen LogP contribution in [0.15, 0.2) is 0 Å². The lowest BCUT2D eigenvalue weighted by molar-refractivity contribution is -0.144. The Morgan fingerprint density at radius 1 is 1.57 bits per heavy atom. The molecule has 2 unspecified atom stereocenters. The summed E-state index contributed by atoms with van der Waals surface area (Å²) in [5.74, 6) is 2.40. The molecular formula is C12H18O2. The minimum Gasteiger partial charge on any atom is -0.462 e. The number of unbranched alkanes of at least 4 members (excludes halogenated alkanes) is 2. The number of carbonyl (C=O) groups is 1. The number of cyclic esters (lactones) is 1. The first-order valence-electron chi connectivity index (χ1n) is 5.41. The minimum atomic E-state index is -0.0931. The molecule has 0 amide bonds. The van der Waals surface area contributed by atoms with E-state index in [4.69, 9.17) is 11.2 Å². The van der Waals surface area contributed by atoms with E-state index in [1.165, 1.54) is 12.8 Å². The fraction of sp³-hybridized carbons (Fsp3) is 0.750. The van der Waals surface area contributed by atoms with Crippen LogP contribution in [0.2, 0.25) is 0 Å². The van der Waals surface area contributed by atoms with Gasteiger partial charge >= 0.3 is 5.97 Å². The molecule has 0 spiro atoms. The number of terminal acetylenes is 1. The van der Waals surface area contributed by atoms with Gasteiger partial charge in [-0.25, -0.2) is 0 Å². The van der Waals surface area contributed by atoms with E-state index in [0.29, 0.717) is 6.42 Å². The molecule has 0 saturated carbocycles. The Bertz CT molecular complexity index is 227. The van der Waals surface area contributed by atoms with Crippen LogP contribution < -0.4 is 0 Å². The highest BCUT2D eigenvalue weighted by atomic mass is 16.5. The molecule has 0 radical (unpaired) electrons. The van der Waals surface area contributed by atoms with Gasteiger partial charge in [-0.05, 0) is 19.3 Å². The van der Waals surface area contributed by atoms with Crippen LogP contribution in [-0.2, 0) is 9.53 Å². The van der Waals surface area contributed by atoms with Crippen molar-refractivity contribution in [2.24, 2.45) is 5.92 Å². The van der Waals surface area contributed by atoms with Crippen molar-refractivity contribution in [2.45, 2.75) is 51.6 Å². The maximum Gasteiger partial charge on any atom is 0.310 e. The summed E-state index contributed by atoms with van der Waals surface area (Å²) in [6.45, 7) is 2.17. The maximum atomic E-state index is 11.3. The molecule has 1 fully saturated rings. The molecule has 1 rings (SSSR count). The van der Waals surface area contributed by atoms with Crippen LogP contribution in [0.1, 0.15) is 45.4 Å². The van der Waals surface area contributed by atoms with Crippen molar-refractivity contribution in [3.8, 4) is 12.3 Å². The third-order valence-electron chi connectivity index (χ3n) is 2.66. The van der Waals surface area contributed by atoms with Gasteiger partial charge in [-0.15, -0.1) is 12.3 Å². The van der Waals surface area contributed by atoms with Crippen LogP contribution in [0.5, 0.6) is 0 Å². The lowest BCUT2D eigenvalue weighted by Gasteiger charge is -2.07. The molecule has 0 N–H and O–H groups in total. The van der Waals surface area contributed by atoms with Crippen LogP contribution in [0, 0.1) is 18.3 Å². The Morgan fingerprint density at radius 3 is 3.00 bits per heavy atom. The summed E-state index contributed by atoms with van der Waals surface area (Å²) in [5, 5.41) is 0. The molecule has 2 nitrogen and oxygen atoms in total. The van der Waals surface area contributed by atoms with Crippen molar-refractivity contribution in [3.05, 3.63) is 0 Å². The number of esters is 1. The standard InChI is InChI=1S/C12H18O2/c1-3-5-6-8-11-9-10(7-4-2)12(13)14-11/h2,10-11H,3,5-9H2,1H3. The average Bonchev–Trinajstić information content (AvgIpc) is 2.49.